The van der Waals surface area contributed by atoms with Crippen molar-refractivity contribution in [2.75, 3.05) is 11.5 Å². The minimum atomic E-state index is -0.257. The summed E-state index contributed by atoms with van der Waals surface area (Å²) < 4.78 is 0. The summed E-state index contributed by atoms with van der Waals surface area (Å²) in [6.45, 7) is 3.40. The van der Waals surface area contributed by atoms with Crippen LogP contribution in [0.2, 0.25) is 0 Å². The van der Waals surface area contributed by atoms with Crippen molar-refractivity contribution in [3.05, 3.63) is 0 Å². The van der Waals surface area contributed by atoms with Crippen LogP contribution >= 0.6 is 0 Å². The highest BCUT2D eigenvalue weighted by atomic mass is 32.2. The third kappa shape index (κ3) is 2.56. The minimum absolute atomic E-state index is 0.0758. The highest BCUT2D eigenvalue weighted by Crippen LogP contribution is 2.20. The second-order valence-electron chi connectivity index (χ2n) is 3.46. The van der Waals surface area contributed by atoms with Gasteiger partial charge in [-0.05, 0) is 12.8 Å². The maximum Gasteiger partial charge on any atom is 0.233 e. The van der Waals surface area contributed by atoms with E-state index in [-0.39, 0.29) is 27.7 Å². The molecule has 0 aromatic carbocycles. The van der Waals surface area contributed by atoms with Crippen LogP contribution in [-0.2, 0) is 20.5 Å². The first kappa shape index (κ1) is 10.8. The summed E-state index contributed by atoms with van der Waals surface area (Å²) in [5, 5.41) is -0.257. The van der Waals surface area contributed by atoms with Crippen molar-refractivity contribution in [3.63, 3.8) is 0 Å². The second kappa shape index (κ2) is 4.80. The molecule has 0 radical (unpaired) electrons. The molecule has 0 aliphatic carbocycles. The average molecular weight is 201 g/mol. The summed E-state index contributed by atoms with van der Waals surface area (Å²) >= 11 is 0. The smallest absolute Gasteiger partial charge is 0.233 e. The zero-order valence-electron chi connectivity index (χ0n) is 8.34. The van der Waals surface area contributed by atoms with Gasteiger partial charge in [0.15, 0.2) is 11.6 Å². The lowest BCUT2D eigenvalue weighted by Crippen LogP contribution is -2.37. The van der Waals surface area contributed by atoms with Gasteiger partial charge in [0.25, 0.3) is 0 Å². The van der Waals surface area contributed by atoms with E-state index < -0.39 is 0 Å². The van der Waals surface area contributed by atoms with Gasteiger partial charge in [-0.25, -0.2) is 0 Å². The lowest BCUT2D eigenvalue weighted by atomic mass is 10.2. The number of ketones is 2. The minimum Gasteiger partial charge on any atom is -0.294 e. The fourth-order valence-electron chi connectivity index (χ4n) is 1.75. The van der Waals surface area contributed by atoms with Crippen LogP contribution in [0.1, 0.15) is 33.1 Å². The first-order valence-electron chi connectivity index (χ1n) is 4.86. The molecule has 1 saturated heterocycles. The summed E-state index contributed by atoms with van der Waals surface area (Å²) in [4.78, 5) is 22.8. The molecule has 2 nitrogen and oxygen atoms in total. The van der Waals surface area contributed by atoms with Gasteiger partial charge in [0.2, 0.25) is 5.25 Å². The number of Topliss-reactive ketones (excluding diaryl/α,β-unsaturated/α-hetero) is 2. The van der Waals surface area contributed by atoms with E-state index in [0.717, 1.165) is 11.5 Å². The molecular formula is C10H17O2S+. The van der Waals surface area contributed by atoms with Crippen molar-refractivity contribution in [3.8, 4) is 0 Å². The molecule has 1 atom stereocenters. The highest BCUT2D eigenvalue weighted by molar-refractivity contribution is 7.99. The predicted octanol–water partition coefficient (Wildman–Crippen LogP) is 1.34. The standard InChI is InChI=1S/C10H17O2S/c1-3-9(12)10(8(2)11)13-6-4-5-7-13/h10H,3-7H2,1-2H3/q+1. The fraction of sp³-hybridized carbons (Fsp3) is 0.800. The molecule has 0 spiro atoms. The SMILES string of the molecule is CCC(=O)C(C(C)=O)[S+]1CCCC1. The average Bonchev–Trinajstić information content (AvgIpc) is 2.56. The van der Waals surface area contributed by atoms with E-state index in [9.17, 15) is 9.59 Å². The predicted molar refractivity (Wildman–Crippen MR) is 56.1 cm³/mol. The van der Waals surface area contributed by atoms with Crippen molar-refractivity contribution < 1.29 is 9.59 Å². The Morgan fingerprint density at radius 3 is 2.23 bits per heavy atom. The van der Waals surface area contributed by atoms with Gasteiger partial charge in [-0.2, -0.15) is 0 Å². The summed E-state index contributed by atoms with van der Waals surface area (Å²) in [5.41, 5.74) is 0. The first-order chi connectivity index (χ1) is 6.16. The molecule has 1 rings (SSSR count). The van der Waals surface area contributed by atoms with Crippen LogP contribution in [0, 0.1) is 0 Å². The largest absolute Gasteiger partial charge is 0.294 e. The van der Waals surface area contributed by atoms with Gasteiger partial charge >= 0.3 is 0 Å². The molecule has 74 valence electrons. The van der Waals surface area contributed by atoms with Crippen LogP contribution in [-0.4, -0.2) is 28.3 Å². The Labute approximate surface area is 82.4 Å². The van der Waals surface area contributed by atoms with E-state index in [1.54, 1.807) is 6.92 Å². The van der Waals surface area contributed by atoms with E-state index in [1.165, 1.54) is 12.8 Å². The molecule has 0 aromatic rings. The fourth-order valence-corrected chi connectivity index (χ4v) is 4.58. The van der Waals surface area contributed by atoms with Crippen molar-refractivity contribution in [2.24, 2.45) is 0 Å². The zero-order valence-corrected chi connectivity index (χ0v) is 9.15. The molecule has 0 saturated carbocycles. The Balaban J connectivity index is 2.66. The molecular weight excluding hydrogens is 184 g/mol. The molecule has 1 heterocycles. The van der Waals surface area contributed by atoms with Crippen molar-refractivity contribution in [1.29, 1.82) is 0 Å². The molecule has 0 aromatic heterocycles. The number of carbonyl (C=O) groups excluding carboxylic acids is 2. The summed E-state index contributed by atoms with van der Waals surface area (Å²) in [5.74, 6) is 2.42. The monoisotopic (exact) mass is 201 g/mol. The quantitative estimate of drug-likeness (QED) is 0.508. The Morgan fingerprint density at radius 1 is 1.31 bits per heavy atom. The molecule has 1 fully saturated rings. The van der Waals surface area contributed by atoms with Gasteiger partial charge in [-0.15, -0.1) is 0 Å². The molecule has 0 N–H and O–H groups in total. The lowest BCUT2D eigenvalue weighted by Gasteiger charge is -2.10. The number of hydrogen-bond donors (Lipinski definition) is 0. The summed E-state index contributed by atoms with van der Waals surface area (Å²) in [6, 6.07) is 0. The van der Waals surface area contributed by atoms with Crippen molar-refractivity contribution >= 4 is 22.5 Å². The van der Waals surface area contributed by atoms with Crippen LogP contribution in [0.25, 0.3) is 0 Å². The van der Waals surface area contributed by atoms with E-state index in [4.69, 9.17) is 0 Å². The Hall–Kier alpha value is -0.310. The molecule has 13 heavy (non-hydrogen) atoms. The van der Waals surface area contributed by atoms with Gasteiger partial charge in [0, 0.05) is 24.2 Å². The topological polar surface area (TPSA) is 34.1 Å². The molecule has 1 unspecified atom stereocenters. The summed E-state index contributed by atoms with van der Waals surface area (Å²) in [6.07, 6.45) is 2.90. The summed E-state index contributed by atoms with van der Waals surface area (Å²) in [7, 11) is 0.0758. The van der Waals surface area contributed by atoms with Gasteiger partial charge in [-0.1, -0.05) is 6.92 Å². The van der Waals surface area contributed by atoms with Crippen LogP contribution in [0.3, 0.4) is 0 Å². The maximum atomic E-state index is 11.5. The lowest BCUT2D eigenvalue weighted by molar-refractivity contribution is -0.125. The van der Waals surface area contributed by atoms with E-state index in [2.05, 4.69) is 0 Å². The Bertz CT molecular complexity index is 207. The van der Waals surface area contributed by atoms with Crippen molar-refractivity contribution in [1.82, 2.24) is 0 Å². The highest BCUT2D eigenvalue weighted by Gasteiger charge is 2.41. The Morgan fingerprint density at radius 2 is 1.85 bits per heavy atom. The van der Waals surface area contributed by atoms with Gasteiger partial charge in [0.05, 0.1) is 0 Å². The number of carbonyl (C=O) groups is 2. The zero-order chi connectivity index (χ0) is 9.84. The third-order valence-corrected chi connectivity index (χ3v) is 5.29. The molecule has 1 aliphatic heterocycles. The Kier molecular flexibility index (Phi) is 3.97. The maximum absolute atomic E-state index is 11.5. The van der Waals surface area contributed by atoms with Crippen LogP contribution in [0.15, 0.2) is 0 Å². The van der Waals surface area contributed by atoms with Crippen LogP contribution < -0.4 is 0 Å². The van der Waals surface area contributed by atoms with Gasteiger partial charge in [-0.3, -0.25) is 9.59 Å². The van der Waals surface area contributed by atoms with Gasteiger partial charge < -0.3 is 0 Å². The molecule has 3 heteroatoms. The van der Waals surface area contributed by atoms with E-state index >= 15 is 0 Å². The van der Waals surface area contributed by atoms with E-state index in [1.807, 2.05) is 6.92 Å². The van der Waals surface area contributed by atoms with Gasteiger partial charge in [0.1, 0.15) is 11.5 Å². The number of hydrogen-bond acceptors (Lipinski definition) is 2. The third-order valence-electron chi connectivity index (χ3n) is 2.41. The molecule has 1 aliphatic rings. The normalized spacial score (nSPS) is 20.2. The number of rotatable bonds is 4. The van der Waals surface area contributed by atoms with Crippen LogP contribution in [0.5, 0.6) is 0 Å². The van der Waals surface area contributed by atoms with Crippen LogP contribution in [0.4, 0.5) is 0 Å². The van der Waals surface area contributed by atoms with E-state index in [0.29, 0.717) is 6.42 Å². The second-order valence-corrected chi connectivity index (χ2v) is 5.83. The molecule has 0 amide bonds. The first-order valence-corrected chi connectivity index (χ1v) is 6.49. The molecule has 0 bridgehead atoms. The van der Waals surface area contributed by atoms with Crippen molar-refractivity contribution in [2.45, 2.75) is 38.4 Å².